The highest BCUT2D eigenvalue weighted by Gasteiger charge is 2.31. The summed E-state index contributed by atoms with van der Waals surface area (Å²) < 4.78 is 37.9. The normalized spacial score (nSPS) is 24.3. The third kappa shape index (κ3) is 4.93. The molecule has 3 atom stereocenters. The van der Waals surface area contributed by atoms with Crippen LogP contribution in [0.4, 0.5) is 16.3 Å². The van der Waals surface area contributed by atoms with Crippen LogP contribution < -0.4 is 20.1 Å². The van der Waals surface area contributed by atoms with Gasteiger partial charge in [0.15, 0.2) is 12.0 Å². The van der Waals surface area contributed by atoms with E-state index < -0.39 is 16.3 Å². The average molecular weight is 450 g/mol. The van der Waals surface area contributed by atoms with Crippen LogP contribution in [0.15, 0.2) is 29.2 Å². The van der Waals surface area contributed by atoms with E-state index in [0.717, 1.165) is 25.0 Å². The molecule has 1 fully saturated rings. The molecule has 0 radical (unpaired) electrons. The number of rotatable bonds is 5. The van der Waals surface area contributed by atoms with Crippen LogP contribution in [0.2, 0.25) is 0 Å². The number of hydrogen-bond acceptors (Lipinski definition) is 7. The Hall–Kier alpha value is -2.79. The fourth-order valence-electron chi connectivity index (χ4n) is 3.90. The molecule has 10 nitrogen and oxygen atoms in total. The fraction of sp³-hybridized carbons (Fsp3) is 0.500. The zero-order chi connectivity index (χ0) is 22.2. The van der Waals surface area contributed by atoms with E-state index in [1.165, 1.54) is 6.07 Å². The molecule has 1 aliphatic heterocycles. The minimum Gasteiger partial charge on any atom is -0.473 e. The van der Waals surface area contributed by atoms with Gasteiger partial charge < -0.3 is 20.1 Å². The van der Waals surface area contributed by atoms with Gasteiger partial charge >= 0.3 is 6.09 Å². The van der Waals surface area contributed by atoms with E-state index in [1.54, 1.807) is 19.1 Å². The lowest BCUT2D eigenvalue weighted by atomic mass is 10.0. The highest BCUT2D eigenvalue weighted by atomic mass is 32.2. The Morgan fingerprint density at radius 3 is 2.87 bits per heavy atom. The van der Waals surface area contributed by atoms with Gasteiger partial charge in [0, 0.05) is 35.5 Å². The zero-order valence-corrected chi connectivity index (χ0v) is 18.5. The first kappa shape index (κ1) is 21.4. The number of sulfonamides is 1. The number of nitrogens with one attached hydrogen (secondary N) is 4. The molecule has 31 heavy (non-hydrogen) atoms. The SMILES string of the molecule is CC(C)NC(=O)O[C@@H]1CC[C@H](c2cc(Nc3ccc4c(c3)OC(C)NS4(=O)=O)n[nH]2)C1. The van der Waals surface area contributed by atoms with Crippen molar-refractivity contribution in [1.82, 2.24) is 20.2 Å². The molecule has 1 aromatic carbocycles. The molecule has 1 unspecified atom stereocenters. The van der Waals surface area contributed by atoms with Gasteiger partial charge in [0.2, 0.25) is 10.0 Å². The van der Waals surface area contributed by atoms with Crippen molar-refractivity contribution < 1.29 is 22.7 Å². The number of amides is 1. The summed E-state index contributed by atoms with van der Waals surface area (Å²) in [7, 11) is -3.57. The summed E-state index contributed by atoms with van der Waals surface area (Å²) in [5.74, 6) is 1.13. The largest absolute Gasteiger partial charge is 0.473 e. The number of ether oxygens (including phenoxy) is 2. The van der Waals surface area contributed by atoms with Gasteiger partial charge in [0.1, 0.15) is 16.7 Å². The first-order chi connectivity index (χ1) is 14.7. The van der Waals surface area contributed by atoms with Gasteiger partial charge in [0.25, 0.3) is 0 Å². The summed E-state index contributed by atoms with van der Waals surface area (Å²) in [6, 6.07) is 6.77. The van der Waals surface area contributed by atoms with Gasteiger partial charge in [-0.15, -0.1) is 0 Å². The molecule has 0 spiro atoms. The first-order valence-corrected chi connectivity index (χ1v) is 11.8. The molecule has 1 aliphatic carbocycles. The monoisotopic (exact) mass is 449 g/mol. The molecule has 1 amide bonds. The second-order valence-corrected chi connectivity index (χ2v) is 9.90. The van der Waals surface area contributed by atoms with Gasteiger partial charge in [-0.1, -0.05) is 0 Å². The van der Waals surface area contributed by atoms with Crippen molar-refractivity contribution in [3.05, 3.63) is 30.0 Å². The molecule has 11 heteroatoms. The molecule has 4 rings (SSSR count). The predicted octanol–water partition coefficient (Wildman–Crippen LogP) is 2.94. The average Bonchev–Trinajstić information content (AvgIpc) is 3.29. The van der Waals surface area contributed by atoms with Crippen molar-refractivity contribution in [1.29, 1.82) is 0 Å². The maximum Gasteiger partial charge on any atom is 0.407 e. The van der Waals surface area contributed by atoms with Gasteiger partial charge in [-0.05, 0) is 52.2 Å². The van der Waals surface area contributed by atoms with Crippen LogP contribution in [0.5, 0.6) is 5.75 Å². The molecule has 1 aromatic heterocycles. The van der Waals surface area contributed by atoms with Gasteiger partial charge in [-0.3, -0.25) is 5.10 Å². The van der Waals surface area contributed by atoms with Crippen molar-refractivity contribution in [2.75, 3.05) is 5.32 Å². The molecule has 2 heterocycles. The number of hydrogen-bond donors (Lipinski definition) is 4. The van der Waals surface area contributed by atoms with Crippen molar-refractivity contribution in [2.45, 2.75) is 69.2 Å². The van der Waals surface area contributed by atoms with Gasteiger partial charge in [0.05, 0.1) is 0 Å². The van der Waals surface area contributed by atoms with Crippen LogP contribution >= 0.6 is 0 Å². The molecule has 1 saturated carbocycles. The smallest absolute Gasteiger partial charge is 0.407 e. The number of H-pyrrole nitrogens is 1. The summed E-state index contributed by atoms with van der Waals surface area (Å²) in [6.07, 6.45) is 1.32. The van der Waals surface area contributed by atoms with Crippen LogP contribution in [-0.2, 0) is 14.8 Å². The van der Waals surface area contributed by atoms with Crippen molar-refractivity contribution >= 4 is 27.6 Å². The summed E-state index contributed by atoms with van der Waals surface area (Å²) in [5, 5.41) is 13.3. The van der Waals surface area contributed by atoms with E-state index in [-0.39, 0.29) is 29.1 Å². The fourth-order valence-corrected chi connectivity index (χ4v) is 5.14. The summed E-state index contributed by atoms with van der Waals surface area (Å²) in [6.45, 7) is 5.41. The maximum absolute atomic E-state index is 12.2. The number of anilines is 2. The Balaban J connectivity index is 1.39. The number of alkyl carbamates (subject to hydrolysis) is 1. The standard InChI is InChI=1S/C20H27N5O5S/c1-11(2)21-20(26)30-15-6-4-13(8-15)16-10-19(24-23-16)22-14-5-7-18-17(9-14)29-12(3)25-31(18,27)28/h5,7,9-13,15,25H,4,6,8H2,1-3H3,(H,21,26)(H2,22,23,24)/t12?,13-,15+/m0/s1. The number of carbonyl (C=O) groups excluding carboxylic acids is 1. The quantitative estimate of drug-likeness (QED) is 0.551. The number of fused-ring (bicyclic) bond motifs is 1. The molecule has 2 aromatic rings. The highest BCUT2D eigenvalue weighted by Crippen LogP contribution is 2.37. The van der Waals surface area contributed by atoms with E-state index in [0.29, 0.717) is 17.3 Å². The number of aromatic nitrogens is 2. The van der Waals surface area contributed by atoms with Crippen molar-refractivity contribution in [3.8, 4) is 5.75 Å². The molecule has 4 N–H and O–H groups in total. The van der Waals surface area contributed by atoms with Crippen LogP contribution in [0.1, 0.15) is 51.6 Å². The molecular weight excluding hydrogens is 422 g/mol. The number of aromatic amines is 1. The minimum absolute atomic E-state index is 0.0412. The number of carbonyl (C=O) groups is 1. The molecule has 0 saturated heterocycles. The Morgan fingerprint density at radius 1 is 1.29 bits per heavy atom. The van der Waals surface area contributed by atoms with Gasteiger partial charge in [-0.25, -0.2) is 13.2 Å². The third-order valence-electron chi connectivity index (χ3n) is 5.23. The third-order valence-corrected chi connectivity index (χ3v) is 6.79. The second-order valence-electron chi connectivity index (χ2n) is 8.21. The Morgan fingerprint density at radius 2 is 2.10 bits per heavy atom. The Labute approximate surface area is 181 Å². The van der Waals surface area contributed by atoms with E-state index in [2.05, 4.69) is 25.6 Å². The highest BCUT2D eigenvalue weighted by molar-refractivity contribution is 7.89. The van der Waals surface area contributed by atoms with Crippen LogP contribution in [0, 0.1) is 0 Å². The zero-order valence-electron chi connectivity index (χ0n) is 17.6. The van der Waals surface area contributed by atoms with Crippen molar-refractivity contribution in [3.63, 3.8) is 0 Å². The maximum atomic E-state index is 12.2. The second kappa shape index (κ2) is 8.39. The Kier molecular flexibility index (Phi) is 5.80. The van der Waals surface area contributed by atoms with E-state index in [9.17, 15) is 13.2 Å². The van der Waals surface area contributed by atoms with Crippen LogP contribution in [0.25, 0.3) is 0 Å². The topological polar surface area (TPSA) is 134 Å². The number of nitrogens with zero attached hydrogens (tertiary/aromatic N) is 1. The summed E-state index contributed by atoms with van der Waals surface area (Å²) in [4.78, 5) is 11.9. The minimum atomic E-state index is -3.57. The lowest BCUT2D eigenvalue weighted by Crippen LogP contribution is -2.40. The summed E-state index contributed by atoms with van der Waals surface area (Å²) in [5.41, 5.74) is 1.63. The predicted molar refractivity (Wildman–Crippen MR) is 114 cm³/mol. The van der Waals surface area contributed by atoms with Crippen molar-refractivity contribution in [2.24, 2.45) is 0 Å². The lowest BCUT2D eigenvalue weighted by Gasteiger charge is -2.24. The lowest BCUT2D eigenvalue weighted by molar-refractivity contribution is 0.0981. The van der Waals surface area contributed by atoms with Crippen LogP contribution in [0.3, 0.4) is 0 Å². The van der Waals surface area contributed by atoms with Gasteiger partial charge in [-0.2, -0.15) is 9.82 Å². The summed E-state index contributed by atoms with van der Waals surface area (Å²) >= 11 is 0. The molecular formula is C20H27N5O5S. The van der Waals surface area contributed by atoms with E-state index in [1.807, 2.05) is 19.9 Å². The Bertz CT molecular complexity index is 1070. The van der Waals surface area contributed by atoms with Crippen LogP contribution in [-0.4, -0.2) is 43.1 Å². The molecule has 2 aliphatic rings. The van der Waals surface area contributed by atoms with E-state index >= 15 is 0 Å². The van der Waals surface area contributed by atoms with E-state index in [4.69, 9.17) is 9.47 Å². The first-order valence-electron chi connectivity index (χ1n) is 10.3. The number of benzene rings is 1. The molecule has 168 valence electrons. The molecule has 0 bridgehead atoms.